The third-order valence-electron chi connectivity index (χ3n) is 5.89. The van der Waals surface area contributed by atoms with Gasteiger partial charge in [-0.1, -0.05) is 30.3 Å². The Labute approximate surface area is 222 Å². The summed E-state index contributed by atoms with van der Waals surface area (Å²) in [7, 11) is 0. The van der Waals surface area contributed by atoms with Crippen molar-refractivity contribution in [3.63, 3.8) is 0 Å². The Balaban J connectivity index is 1.77. The van der Waals surface area contributed by atoms with Gasteiger partial charge in [0.15, 0.2) is 0 Å². The van der Waals surface area contributed by atoms with Crippen LogP contribution in [0.25, 0.3) is 10.9 Å². The van der Waals surface area contributed by atoms with Crippen molar-refractivity contribution in [1.82, 2.24) is 20.9 Å². The van der Waals surface area contributed by atoms with E-state index in [2.05, 4.69) is 15.6 Å². The molecule has 3 aromatic rings. The molecule has 0 saturated heterocycles. The number of carboxylic acids is 2. The van der Waals surface area contributed by atoms with Crippen molar-refractivity contribution >= 4 is 40.6 Å². The van der Waals surface area contributed by atoms with E-state index in [0.717, 1.165) is 16.5 Å². The first-order chi connectivity index (χ1) is 18.5. The zero-order chi connectivity index (χ0) is 28.5. The molecular formula is C26H29N5O8. The van der Waals surface area contributed by atoms with Crippen molar-refractivity contribution in [2.24, 2.45) is 5.73 Å². The van der Waals surface area contributed by atoms with Gasteiger partial charge in [0.25, 0.3) is 0 Å². The molecule has 3 atom stereocenters. The van der Waals surface area contributed by atoms with Crippen molar-refractivity contribution in [3.05, 3.63) is 65.9 Å². The van der Waals surface area contributed by atoms with Crippen molar-refractivity contribution in [1.29, 1.82) is 0 Å². The van der Waals surface area contributed by atoms with Crippen LogP contribution in [0.5, 0.6) is 5.75 Å². The summed E-state index contributed by atoms with van der Waals surface area (Å²) in [5.74, 6) is -5.34. The van der Waals surface area contributed by atoms with Gasteiger partial charge >= 0.3 is 11.9 Å². The second kappa shape index (κ2) is 13.1. The van der Waals surface area contributed by atoms with Crippen molar-refractivity contribution in [2.75, 3.05) is 6.54 Å². The molecule has 0 bridgehead atoms. The molecule has 3 rings (SSSR count). The molecule has 39 heavy (non-hydrogen) atoms. The molecule has 0 radical (unpaired) electrons. The minimum absolute atomic E-state index is 0.0128. The smallest absolute Gasteiger partial charge is 0.322 e. The van der Waals surface area contributed by atoms with Gasteiger partial charge in [-0.15, -0.1) is 0 Å². The predicted octanol–water partition coefficient (Wildman–Crippen LogP) is -0.369. The fraction of sp³-hybridized carbons (Fsp3) is 0.269. The van der Waals surface area contributed by atoms with Gasteiger partial charge in [-0.05, 0) is 35.7 Å². The maximum Gasteiger partial charge on any atom is 0.322 e. The van der Waals surface area contributed by atoms with E-state index in [1.54, 1.807) is 6.20 Å². The molecule has 3 amide bonds. The highest BCUT2D eigenvalue weighted by molar-refractivity contribution is 5.95. The van der Waals surface area contributed by atoms with Crippen molar-refractivity contribution in [3.8, 4) is 5.75 Å². The van der Waals surface area contributed by atoms with E-state index in [1.807, 2.05) is 29.6 Å². The van der Waals surface area contributed by atoms with Crippen LogP contribution < -0.4 is 21.7 Å². The van der Waals surface area contributed by atoms with Crippen LogP contribution in [-0.4, -0.2) is 74.6 Å². The monoisotopic (exact) mass is 539 g/mol. The number of benzene rings is 2. The number of aliphatic carboxylic acids is 2. The van der Waals surface area contributed by atoms with Crippen LogP contribution in [0.15, 0.2) is 54.7 Å². The van der Waals surface area contributed by atoms with Crippen LogP contribution in [0.1, 0.15) is 17.5 Å². The number of H-pyrrole nitrogens is 1. The second-order valence-electron chi connectivity index (χ2n) is 8.87. The van der Waals surface area contributed by atoms with Crippen molar-refractivity contribution in [2.45, 2.75) is 37.4 Å². The number of para-hydroxylation sites is 1. The van der Waals surface area contributed by atoms with Crippen LogP contribution in [-0.2, 0) is 36.8 Å². The summed E-state index contributed by atoms with van der Waals surface area (Å²) in [5, 5.41) is 35.3. The van der Waals surface area contributed by atoms with Crippen LogP contribution in [0.2, 0.25) is 0 Å². The fourth-order valence-electron chi connectivity index (χ4n) is 3.93. The molecule has 2 aromatic carbocycles. The van der Waals surface area contributed by atoms with Gasteiger partial charge in [-0.25, -0.2) is 0 Å². The molecule has 0 aliphatic carbocycles. The number of carboxylic acid groups (broad SMARTS) is 2. The topological polar surface area (TPSA) is 224 Å². The number of phenolic OH excluding ortho intramolecular Hbond substituents is 1. The van der Waals surface area contributed by atoms with Gasteiger partial charge in [0.1, 0.15) is 24.4 Å². The van der Waals surface area contributed by atoms with Gasteiger partial charge in [0.2, 0.25) is 17.7 Å². The average molecular weight is 540 g/mol. The Morgan fingerprint density at radius 1 is 0.821 bits per heavy atom. The molecule has 206 valence electrons. The molecule has 13 heteroatoms. The Kier molecular flexibility index (Phi) is 9.59. The number of aromatic nitrogens is 1. The van der Waals surface area contributed by atoms with E-state index in [1.165, 1.54) is 24.3 Å². The highest BCUT2D eigenvalue weighted by Gasteiger charge is 2.30. The maximum absolute atomic E-state index is 13.2. The number of carbonyl (C=O) groups is 5. The summed E-state index contributed by atoms with van der Waals surface area (Å²) < 4.78 is 0. The number of carbonyl (C=O) groups excluding carboxylic acids is 3. The molecule has 1 heterocycles. The van der Waals surface area contributed by atoms with Gasteiger partial charge < -0.3 is 42.0 Å². The number of hydrogen-bond acceptors (Lipinski definition) is 7. The maximum atomic E-state index is 13.2. The highest BCUT2D eigenvalue weighted by atomic mass is 16.4. The first kappa shape index (κ1) is 28.7. The van der Waals surface area contributed by atoms with E-state index in [9.17, 15) is 34.2 Å². The summed E-state index contributed by atoms with van der Waals surface area (Å²) in [6.07, 6.45) is 0.999. The van der Waals surface area contributed by atoms with Crippen molar-refractivity contribution < 1.29 is 39.3 Å². The minimum atomic E-state index is -1.60. The summed E-state index contributed by atoms with van der Waals surface area (Å²) in [6.45, 7) is -0.777. The van der Waals surface area contributed by atoms with E-state index in [0.29, 0.717) is 5.56 Å². The first-order valence-electron chi connectivity index (χ1n) is 11.9. The molecule has 0 aliphatic rings. The number of aromatic amines is 1. The van der Waals surface area contributed by atoms with E-state index < -0.39 is 60.8 Å². The lowest BCUT2D eigenvalue weighted by molar-refractivity contribution is -0.141. The summed E-state index contributed by atoms with van der Waals surface area (Å²) in [5.41, 5.74) is 8.37. The lowest BCUT2D eigenvalue weighted by Crippen LogP contribution is -2.57. The summed E-state index contributed by atoms with van der Waals surface area (Å²) in [4.78, 5) is 63.7. The molecular weight excluding hydrogens is 510 g/mol. The normalized spacial score (nSPS) is 13.2. The number of nitrogens with one attached hydrogen (secondary N) is 4. The summed E-state index contributed by atoms with van der Waals surface area (Å²) in [6, 6.07) is 9.38. The molecule has 0 aliphatic heterocycles. The predicted molar refractivity (Wildman–Crippen MR) is 139 cm³/mol. The first-order valence-corrected chi connectivity index (χ1v) is 11.9. The van der Waals surface area contributed by atoms with Gasteiger partial charge in [0.05, 0.1) is 12.5 Å². The number of phenols is 1. The third kappa shape index (κ3) is 8.30. The number of fused-ring (bicyclic) bond motifs is 1. The van der Waals surface area contributed by atoms with Crippen LogP contribution in [0.4, 0.5) is 0 Å². The number of aromatic hydroxyl groups is 1. The largest absolute Gasteiger partial charge is 0.508 e. The SMILES string of the molecule is NC(Cc1c[nH]c2ccccc12)C(=O)NC(Cc1ccc(O)cc1)C(=O)NC(CC(=O)O)C(=O)NCC(=O)O. The molecule has 0 saturated carbocycles. The quantitative estimate of drug-likeness (QED) is 0.142. The zero-order valence-electron chi connectivity index (χ0n) is 20.7. The van der Waals surface area contributed by atoms with Crippen LogP contribution >= 0.6 is 0 Å². The van der Waals surface area contributed by atoms with E-state index >= 15 is 0 Å². The van der Waals surface area contributed by atoms with E-state index in [4.69, 9.17) is 10.8 Å². The number of rotatable bonds is 13. The average Bonchev–Trinajstić information content (AvgIpc) is 3.30. The van der Waals surface area contributed by atoms with Crippen LogP contribution in [0, 0.1) is 0 Å². The Hall–Kier alpha value is -4.91. The lowest BCUT2D eigenvalue weighted by Gasteiger charge is -2.23. The lowest BCUT2D eigenvalue weighted by atomic mass is 10.0. The van der Waals surface area contributed by atoms with Gasteiger partial charge in [-0.3, -0.25) is 24.0 Å². The van der Waals surface area contributed by atoms with Gasteiger partial charge in [0, 0.05) is 23.5 Å². The fourth-order valence-corrected chi connectivity index (χ4v) is 3.93. The number of nitrogens with two attached hydrogens (primary N) is 1. The highest BCUT2D eigenvalue weighted by Crippen LogP contribution is 2.19. The second-order valence-corrected chi connectivity index (χ2v) is 8.87. The molecule has 3 unspecified atom stereocenters. The third-order valence-corrected chi connectivity index (χ3v) is 5.89. The standard InChI is InChI=1S/C26H29N5O8/c27-18(10-15-12-28-19-4-2-1-3-17(15)19)24(37)30-20(9-14-5-7-16(32)8-6-14)26(39)31-21(11-22(33)34)25(38)29-13-23(35)36/h1-8,12,18,20-21,28,32H,9-11,13,27H2,(H,29,38)(H,30,37)(H,31,39)(H,33,34)(H,35,36). The van der Waals surface area contributed by atoms with Crippen LogP contribution in [0.3, 0.4) is 0 Å². The Morgan fingerprint density at radius 3 is 2.15 bits per heavy atom. The number of amides is 3. The molecule has 9 N–H and O–H groups in total. The molecule has 0 spiro atoms. The molecule has 13 nitrogen and oxygen atoms in total. The number of hydrogen-bond donors (Lipinski definition) is 8. The van der Waals surface area contributed by atoms with Gasteiger partial charge in [-0.2, -0.15) is 0 Å². The van der Waals surface area contributed by atoms with E-state index in [-0.39, 0.29) is 18.6 Å². The Bertz CT molecular complexity index is 1350. The molecule has 1 aromatic heterocycles. The summed E-state index contributed by atoms with van der Waals surface area (Å²) >= 11 is 0. The zero-order valence-corrected chi connectivity index (χ0v) is 20.7. The molecule has 0 fully saturated rings. The minimum Gasteiger partial charge on any atom is -0.508 e. The Morgan fingerprint density at radius 2 is 1.49 bits per heavy atom.